The van der Waals surface area contributed by atoms with Gasteiger partial charge in [-0.25, -0.2) is 0 Å². The van der Waals surface area contributed by atoms with Gasteiger partial charge in [0.1, 0.15) is 0 Å². The second-order valence-corrected chi connectivity index (χ2v) is 7.31. The lowest BCUT2D eigenvalue weighted by atomic mass is 9.98. The number of carbonyl (C=O) groups excluding carboxylic acids is 1. The van der Waals surface area contributed by atoms with Crippen molar-refractivity contribution in [2.75, 3.05) is 0 Å². The molecule has 0 aliphatic heterocycles. The molecule has 0 spiro atoms. The number of amides is 1. The molecule has 1 saturated carbocycles. The molecule has 2 aromatic rings. The lowest BCUT2D eigenvalue weighted by molar-refractivity contribution is -0.120. The van der Waals surface area contributed by atoms with Crippen LogP contribution in [0.2, 0.25) is 0 Å². The van der Waals surface area contributed by atoms with Gasteiger partial charge in [0.15, 0.2) is 0 Å². The number of nitrogens with one attached hydrogen (secondary N) is 1. The average Bonchev–Trinajstić information content (AvgIpc) is 3.26. The summed E-state index contributed by atoms with van der Waals surface area (Å²) in [5.41, 5.74) is 1.25. The highest BCUT2D eigenvalue weighted by atomic mass is 32.2. The monoisotopic (exact) mass is 331 g/mol. The molecule has 23 heavy (non-hydrogen) atoms. The second-order valence-electron chi connectivity index (χ2n) is 6.02. The number of nitrogens with zero attached hydrogens (tertiary/aromatic N) is 2. The Balaban J connectivity index is 1.54. The Morgan fingerprint density at radius 3 is 2.74 bits per heavy atom. The van der Waals surface area contributed by atoms with Crippen LogP contribution < -0.4 is 5.32 Å². The fourth-order valence-electron chi connectivity index (χ4n) is 2.28. The molecule has 0 saturated heterocycles. The molecular formula is C17H21N3O2S. The standard InChI is InChI=1S/C17H21N3O2S/c1-11(13-6-4-3-5-7-13)10-15-19-20-17(22-15)23-12(2)16(21)18-14-8-9-14/h3-7,11-12,14H,8-10H2,1-2H3,(H,18,21). The number of thioether (sulfide) groups is 1. The predicted octanol–water partition coefficient (Wildman–Crippen LogP) is 3.18. The van der Waals surface area contributed by atoms with E-state index in [1.54, 1.807) is 0 Å². The van der Waals surface area contributed by atoms with E-state index in [-0.39, 0.29) is 11.2 Å². The van der Waals surface area contributed by atoms with Gasteiger partial charge in [-0.05, 0) is 31.2 Å². The van der Waals surface area contributed by atoms with Crippen molar-refractivity contribution in [1.82, 2.24) is 15.5 Å². The first-order valence-corrected chi connectivity index (χ1v) is 8.84. The highest BCUT2D eigenvalue weighted by molar-refractivity contribution is 8.00. The van der Waals surface area contributed by atoms with E-state index in [1.165, 1.54) is 17.3 Å². The van der Waals surface area contributed by atoms with Crippen molar-refractivity contribution >= 4 is 17.7 Å². The van der Waals surface area contributed by atoms with Gasteiger partial charge in [-0.15, -0.1) is 10.2 Å². The Bertz CT molecular complexity index is 655. The maximum absolute atomic E-state index is 11.9. The van der Waals surface area contributed by atoms with Crippen molar-refractivity contribution in [2.45, 2.75) is 55.5 Å². The Kier molecular flexibility index (Phi) is 5.00. The molecule has 1 aromatic heterocycles. The average molecular weight is 331 g/mol. The first-order chi connectivity index (χ1) is 11.1. The van der Waals surface area contributed by atoms with Crippen LogP contribution in [0.5, 0.6) is 0 Å². The molecule has 122 valence electrons. The van der Waals surface area contributed by atoms with Crippen molar-refractivity contribution in [3.05, 3.63) is 41.8 Å². The van der Waals surface area contributed by atoms with E-state index in [9.17, 15) is 4.79 Å². The molecule has 1 fully saturated rings. The van der Waals surface area contributed by atoms with Crippen LogP contribution in [0.4, 0.5) is 0 Å². The summed E-state index contributed by atoms with van der Waals surface area (Å²) in [7, 11) is 0. The minimum atomic E-state index is -0.226. The Hall–Kier alpha value is -1.82. The van der Waals surface area contributed by atoms with Gasteiger partial charge in [-0.1, -0.05) is 49.0 Å². The minimum Gasteiger partial charge on any atom is -0.416 e. The maximum atomic E-state index is 11.9. The summed E-state index contributed by atoms with van der Waals surface area (Å²) in [5.74, 6) is 0.957. The molecule has 1 N–H and O–H groups in total. The third-order valence-electron chi connectivity index (χ3n) is 3.87. The van der Waals surface area contributed by atoms with Crippen molar-refractivity contribution in [3.8, 4) is 0 Å². The van der Waals surface area contributed by atoms with E-state index in [0.29, 0.717) is 29.5 Å². The number of aromatic nitrogens is 2. The third kappa shape index (κ3) is 4.58. The first kappa shape index (κ1) is 16.1. The van der Waals surface area contributed by atoms with E-state index < -0.39 is 0 Å². The Labute approximate surface area is 140 Å². The van der Waals surface area contributed by atoms with Gasteiger partial charge >= 0.3 is 0 Å². The van der Waals surface area contributed by atoms with Crippen LogP contribution in [0, 0.1) is 0 Å². The van der Waals surface area contributed by atoms with Gasteiger partial charge < -0.3 is 9.73 Å². The smallest absolute Gasteiger partial charge is 0.277 e. The highest BCUT2D eigenvalue weighted by Crippen LogP contribution is 2.26. The molecule has 1 aliphatic rings. The van der Waals surface area contributed by atoms with Crippen molar-refractivity contribution in [3.63, 3.8) is 0 Å². The van der Waals surface area contributed by atoms with Crippen molar-refractivity contribution in [1.29, 1.82) is 0 Å². The molecule has 1 aliphatic carbocycles. The molecule has 1 aromatic carbocycles. The molecule has 0 radical (unpaired) electrons. The third-order valence-corrected chi connectivity index (χ3v) is 4.80. The summed E-state index contributed by atoms with van der Waals surface area (Å²) in [6.45, 7) is 4.00. The number of rotatable bonds is 7. The van der Waals surface area contributed by atoms with Gasteiger partial charge in [-0.3, -0.25) is 4.79 Å². The summed E-state index contributed by atoms with van der Waals surface area (Å²) in [6, 6.07) is 10.6. The SMILES string of the molecule is CC(Sc1nnc(CC(C)c2ccccc2)o1)C(=O)NC1CC1. The zero-order chi connectivity index (χ0) is 16.2. The summed E-state index contributed by atoms with van der Waals surface area (Å²) in [5, 5.41) is 11.4. The highest BCUT2D eigenvalue weighted by Gasteiger charge is 2.27. The van der Waals surface area contributed by atoms with Crippen LogP contribution in [0.15, 0.2) is 40.0 Å². The minimum absolute atomic E-state index is 0.0369. The molecule has 6 heteroatoms. The van der Waals surface area contributed by atoms with Crippen LogP contribution in [0.3, 0.4) is 0 Å². The van der Waals surface area contributed by atoms with Crippen LogP contribution in [-0.2, 0) is 11.2 Å². The molecule has 2 unspecified atom stereocenters. The maximum Gasteiger partial charge on any atom is 0.277 e. The zero-order valence-electron chi connectivity index (χ0n) is 13.4. The summed E-state index contributed by atoms with van der Waals surface area (Å²) < 4.78 is 5.68. The molecule has 2 atom stereocenters. The van der Waals surface area contributed by atoms with Crippen molar-refractivity contribution < 1.29 is 9.21 Å². The number of hydrogen-bond donors (Lipinski definition) is 1. The fraction of sp³-hybridized carbons (Fsp3) is 0.471. The van der Waals surface area contributed by atoms with E-state index >= 15 is 0 Å². The molecule has 1 amide bonds. The second kappa shape index (κ2) is 7.17. The molecule has 1 heterocycles. The number of carbonyl (C=O) groups is 1. The van der Waals surface area contributed by atoms with Crippen LogP contribution in [0.25, 0.3) is 0 Å². The van der Waals surface area contributed by atoms with Gasteiger partial charge in [0.2, 0.25) is 11.8 Å². The van der Waals surface area contributed by atoms with Gasteiger partial charge in [-0.2, -0.15) is 0 Å². The topological polar surface area (TPSA) is 68.0 Å². The molecule has 3 rings (SSSR count). The van der Waals surface area contributed by atoms with Gasteiger partial charge in [0.05, 0.1) is 5.25 Å². The molecule has 5 nitrogen and oxygen atoms in total. The van der Waals surface area contributed by atoms with E-state index in [1.807, 2.05) is 25.1 Å². The largest absolute Gasteiger partial charge is 0.416 e. The normalized spacial score (nSPS) is 16.8. The zero-order valence-corrected chi connectivity index (χ0v) is 14.2. The van der Waals surface area contributed by atoms with Crippen LogP contribution in [-0.4, -0.2) is 27.4 Å². The summed E-state index contributed by atoms with van der Waals surface area (Å²) in [6.07, 6.45) is 2.87. The summed E-state index contributed by atoms with van der Waals surface area (Å²) >= 11 is 1.31. The van der Waals surface area contributed by atoms with Crippen LogP contribution in [0.1, 0.15) is 44.1 Å². The quantitative estimate of drug-likeness (QED) is 0.789. The molecule has 0 bridgehead atoms. The summed E-state index contributed by atoms with van der Waals surface area (Å²) in [4.78, 5) is 11.9. The van der Waals surface area contributed by atoms with Gasteiger partial charge in [0, 0.05) is 12.5 Å². The number of benzene rings is 1. The fourth-order valence-corrected chi connectivity index (χ4v) is 2.99. The predicted molar refractivity (Wildman–Crippen MR) is 89.3 cm³/mol. The molecular weight excluding hydrogens is 310 g/mol. The number of hydrogen-bond acceptors (Lipinski definition) is 5. The van der Waals surface area contributed by atoms with E-state index in [0.717, 1.165) is 12.8 Å². The first-order valence-electron chi connectivity index (χ1n) is 7.96. The van der Waals surface area contributed by atoms with Crippen LogP contribution >= 0.6 is 11.8 Å². The Morgan fingerprint density at radius 2 is 2.04 bits per heavy atom. The Morgan fingerprint density at radius 1 is 1.30 bits per heavy atom. The van der Waals surface area contributed by atoms with Gasteiger partial charge in [0.25, 0.3) is 5.22 Å². The lowest BCUT2D eigenvalue weighted by Crippen LogP contribution is -2.32. The lowest BCUT2D eigenvalue weighted by Gasteiger charge is -2.09. The van der Waals surface area contributed by atoms with E-state index in [4.69, 9.17) is 4.42 Å². The van der Waals surface area contributed by atoms with Crippen molar-refractivity contribution in [2.24, 2.45) is 0 Å². The van der Waals surface area contributed by atoms with E-state index in [2.05, 4.69) is 34.6 Å².